The number of hydrogen-bond acceptors (Lipinski definition) is 6. The van der Waals surface area contributed by atoms with Crippen molar-refractivity contribution in [2.45, 2.75) is 46.1 Å². The fourth-order valence-corrected chi connectivity index (χ4v) is 4.25. The predicted octanol–water partition coefficient (Wildman–Crippen LogP) is 4.77. The molecule has 0 spiro atoms. The number of nitrogens with zero attached hydrogens (tertiary/aromatic N) is 4. The van der Waals surface area contributed by atoms with Gasteiger partial charge >= 0.3 is 0 Å². The van der Waals surface area contributed by atoms with E-state index in [1.165, 1.54) is 16.9 Å². The molecule has 0 bridgehead atoms. The fourth-order valence-electron chi connectivity index (χ4n) is 3.49. The summed E-state index contributed by atoms with van der Waals surface area (Å²) in [5, 5.41) is 12.9. The van der Waals surface area contributed by atoms with Gasteiger partial charge in [0, 0.05) is 18.5 Å². The molecule has 0 aliphatic carbocycles. The summed E-state index contributed by atoms with van der Waals surface area (Å²) in [4.78, 5) is 29.4. The molecule has 2 aromatic carbocycles. The molecule has 0 unspecified atom stereocenters. The molecule has 0 radical (unpaired) electrons. The molecule has 32 heavy (non-hydrogen) atoms. The highest BCUT2D eigenvalue weighted by atomic mass is 32.1. The maximum Gasteiger partial charge on any atom is 0.261 e. The smallest absolute Gasteiger partial charge is 0.261 e. The van der Waals surface area contributed by atoms with Crippen LogP contribution < -0.4 is 10.9 Å². The van der Waals surface area contributed by atoms with Crippen LogP contribution in [0.15, 0.2) is 53.6 Å². The number of anilines is 1. The van der Waals surface area contributed by atoms with Crippen LogP contribution in [-0.2, 0) is 11.3 Å². The quantitative estimate of drug-likeness (QED) is 0.441. The molecule has 0 aliphatic heterocycles. The van der Waals surface area contributed by atoms with Crippen molar-refractivity contribution < 1.29 is 4.79 Å². The first-order valence-electron chi connectivity index (χ1n) is 10.6. The monoisotopic (exact) mass is 447 g/mol. The van der Waals surface area contributed by atoms with Gasteiger partial charge in [-0.05, 0) is 36.5 Å². The Labute approximate surface area is 190 Å². The lowest BCUT2D eigenvalue weighted by Gasteiger charge is -2.07. The topological polar surface area (TPSA) is 89.8 Å². The summed E-state index contributed by atoms with van der Waals surface area (Å²) in [6.45, 7) is 6.67. The number of aromatic nitrogens is 4. The van der Waals surface area contributed by atoms with Crippen molar-refractivity contribution in [3.05, 3.63) is 70.3 Å². The Kier molecular flexibility index (Phi) is 6.41. The molecule has 4 rings (SSSR count). The standard InChI is InChI=1S/C24H25N5O2S/c1-15(2)17-9-11-18(12-10-17)22-27-28-24(32-22)26-20(30)8-5-13-29-14-25-21-16(3)6-4-7-19(21)23(29)31/h4,6-7,9-12,14-15H,5,8,13H2,1-3H3,(H,26,28,30). The first kappa shape index (κ1) is 21.8. The Bertz CT molecular complexity index is 1310. The summed E-state index contributed by atoms with van der Waals surface area (Å²) in [6, 6.07) is 13.8. The van der Waals surface area contributed by atoms with Crippen LogP contribution in [0.5, 0.6) is 0 Å². The Morgan fingerprint density at radius 3 is 2.66 bits per heavy atom. The molecule has 1 amide bonds. The molecular weight excluding hydrogens is 422 g/mol. The van der Waals surface area contributed by atoms with Gasteiger partial charge in [0.1, 0.15) is 5.01 Å². The number of carbonyl (C=O) groups is 1. The number of carbonyl (C=O) groups excluding carboxylic acids is 1. The Hall–Kier alpha value is -3.39. The number of para-hydroxylation sites is 1. The third-order valence-corrected chi connectivity index (χ3v) is 6.24. The summed E-state index contributed by atoms with van der Waals surface area (Å²) in [5.41, 5.74) is 3.85. The van der Waals surface area contributed by atoms with E-state index in [1.54, 1.807) is 17.0 Å². The molecule has 0 saturated carbocycles. The second-order valence-corrected chi connectivity index (χ2v) is 9.03. The van der Waals surface area contributed by atoms with Crippen LogP contribution in [0.1, 0.15) is 43.7 Å². The van der Waals surface area contributed by atoms with Gasteiger partial charge in [-0.3, -0.25) is 14.2 Å². The van der Waals surface area contributed by atoms with Crippen molar-refractivity contribution in [3.63, 3.8) is 0 Å². The number of benzene rings is 2. The molecule has 4 aromatic rings. The minimum Gasteiger partial charge on any atom is -0.301 e. The van der Waals surface area contributed by atoms with Crippen LogP contribution in [0.4, 0.5) is 5.13 Å². The summed E-state index contributed by atoms with van der Waals surface area (Å²) < 4.78 is 1.55. The summed E-state index contributed by atoms with van der Waals surface area (Å²) in [6.07, 6.45) is 2.35. The van der Waals surface area contributed by atoms with Crippen LogP contribution in [0.2, 0.25) is 0 Å². The number of aryl methyl sites for hydroxylation is 2. The molecule has 8 heteroatoms. The van der Waals surface area contributed by atoms with Gasteiger partial charge in [0.05, 0.1) is 17.2 Å². The van der Waals surface area contributed by atoms with Crippen LogP contribution in [0.3, 0.4) is 0 Å². The summed E-state index contributed by atoms with van der Waals surface area (Å²) in [7, 11) is 0. The van der Waals surface area contributed by atoms with E-state index in [4.69, 9.17) is 0 Å². The molecule has 0 aliphatic rings. The maximum atomic E-state index is 12.6. The first-order chi connectivity index (χ1) is 15.4. The zero-order chi connectivity index (χ0) is 22.7. The van der Waals surface area contributed by atoms with Crippen molar-refractivity contribution in [2.24, 2.45) is 0 Å². The van der Waals surface area contributed by atoms with Gasteiger partial charge in [-0.2, -0.15) is 0 Å². The van der Waals surface area contributed by atoms with Crippen molar-refractivity contribution in [2.75, 3.05) is 5.32 Å². The summed E-state index contributed by atoms with van der Waals surface area (Å²) >= 11 is 1.34. The lowest BCUT2D eigenvalue weighted by Crippen LogP contribution is -2.22. The fraction of sp³-hybridized carbons (Fsp3) is 0.292. The van der Waals surface area contributed by atoms with Crippen LogP contribution in [-0.4, -0.2) is 25.7 Å². The Morgan fingerprint density at radius 2 is 1.91 bits per heavy atom. The lowest BCUT2D eigenvalue weighted by molar-refractivity contribution is -0.116. The van der Waals surface area contributed by atoms with Crippen molar-refractivity contribution in [1.29, 1.82) is 0 Å². The van der Waals surface area contributed by atoms with Gasteiger partial charge in [-0.1, -0.05) is 61.6 Å². The minimum atomic E-state index is -0.152. The highest BCUT2D eigenvalue weighted by Gasteiger charge is 2.11. The number of nitrogens with one attached hydrogen (secondary N) is 1. The van der Waals surface area contributed by atoms with E-state index < -0.39 is 0 Å². The van der Waals surface area contributed by atoms with Gasteiger partial charge in [-0.25, -0.2) is 4.98 Å². The Balaban J connectivity index is 1.33. The molecular formula is C24H25N5O2S. The second-order valence-electron chi connectivity index (χ2n) is 8.06. The number of fused-ring (bicyclic) bond motifs is 1. The van der Waals surface area contributed by atoms with E-state index in [1.807, 2.05) is 31.2 Å². The largest absolute Gasteiger partial charge is 0.301 e. The molecule has 164 valence electrons. The van der Waals surface area contributed by atoms with E-state index in [2.05, 4.69) is 46.5 Å². The first-order valence-corrected chi connectivity index (χ1v) is 11.4. The molecule has 1 N–H and O–H groups in total. The highest BCUT2D eigenvalue weighted by Crippen LogP contribution is 2.27. The second kappa shape index (κ2) is 9.40. The molecule has 2 aromatic heterocycles. The predicted molar refractivity (Wildman–Crippen MR) is 128 cm³/mol. The zero-order valence-electron chi connectivity index (χ0n) is 18.3. The van der Waals surface area contributed by atoms with Crippen LogP contribution in [0, 0.1) is 6.92 Å². The van der Waals surface area contributed by atoms with E-state index in [-0.39, 0.29) is 17.9 Å². The third-order valence-electron chi connectivity index (χ3n) is 5.35. The molecule has 7 nitrogen and oxygen atoms in total. The van der Waals surface area contributed by atoms with E-state index in [0.29, 0.717) is 29.4 Å². The number of amides is 1. The van der Waals surface area contributed by atoms with Gasteiger partial charge in [0.15, 0.2) is 0 Å². The van der Waals surface area contributed by atoms with Gasteiger partial charge in [-0.15, -0.1) is 10.2 Å². The molecule has 2 heterocycles. The molecule has 0 saturated heterocycles. The molecule has 0 atom stereocenters. The lowest BCUT2D eigenvalue weighted by atomic mass is 10.0. The van der Waals surface area contributed by atoms with Crippen molar-refractivity contribution in [1.82, 2.24) is 19.7 Å². The number of rotatable bonds is 7. The van der Waals surface area contributed by atoms with Crippen molar-refractivity contribution >= 4 is 33.3 Å². The molecule has 0 fully saturated rings. The van der Waals surface area contributed by atoms with E-state index in [9.17, 15) is 9.59 Å². The van der Waals surface area contributed by atoms with Gasteiger partial charge in [0.25, 0.3) is 5.56 Å². The normalized spacial score (nSPS) is 11.2. The minimum absolute atomic E-state index is 0.0867. The summed E-state index contributed by atoms with van der Waals surface area (Å²) in [5.74, 6) is 0.319. The van der Waals surface area contributed by atoms with Crippen LogP contribution in [0.25, 0.3) is 21.5 Å². The van der Waals surface area contributed by atoms with E-state index in [0.717, 1.165) is 21.7 Å². The highest BCUT2D eigenvalue weighted by molar-refractivity contribution is 7.18. The van der Waals surface area contributed by atoms with Gasteiger partial charge < -0.3 is 5.32 Å². The zero-order valence-corrected chi connectivity index (χ0v) is 19.1. The average molecular weight is 448 g/mol. The SMILES string of the molecule is Cc1cccc2c(=O)n(CCCC(=O)Nc3nnc(-c4ccc(C(C)C)cc4)s3)cnc12. The maximum absolute atomic E-state index is 12.6. The van der Waals surface area contributed by atoms with Gasteiger partial charge in [0.2, 0.25) is 11.0 Å². The van der Waals surface area contributed by atoms with Crippen LogP contribution >= 0.6 is 11.3 Å². The van der Waals surface area contributed by atoms with Crippen molar-refractivity contribution in [3.8, 4) is 10.6 Å². The average Bonchev–Trinajstić information content (AvgIpc) is 3.24. The third kappa shape index (κ3) is 4.75. The Morgan fingerprint density at radius 1 is 1.12 bits per heavy atom. The van der Waals surface area contributed by atoms with E-state index >= 15 is 0 Å². The number of hydrogen-bond donors (Lipinski definition) is 1.